The second-order valence-electron chi connectivity index (χ2n) is 4.09. The van der Waals surface area contributed by atoms with Crippen LogP contribution in [-0.4, -0.2) is 34.2 Å². The first-order chi connectivity index (χ1) is 9.20. The molecule has 2 heterocycles. The van der Waals surface area contributed by atoms with E-state index in [9.17, 15) is 10.1 Å². The van der Waals surface area contributed by atoms with Crippen molar-refractivity contribution in [3.63, 3.8) is 0 Å². The van der Waals surface area contributed by atoms with E-state index in [4.69, 9.17) is 15.3 Å². The Morgan fingerprint density at radius 2 is 2.47 bits per heavy atom. The number of hydrogen-bond donors (Lipinski definition) is 2. The quantitative estimate of drug-likeness (QED) is 0.452. The van der Waals surface area contributed by atoms with E-state index in [1.54, 1.807) is 0 Å². The average Bonchev–Trinajstić information content (AvgIpc) is 2.45. The van der Waals surface area contributed by atoms with Gasteiger partial charge in [0.2, 0.25) is 5.95 Å². The molecule has 1 unspecified atom stereocenters. The van der Waals surface area contributed by atoms with E-state index in [-0.39, 0.29) is 30.2 Å². The molecule has 0 aromatic carbocycles. The Morgan fingerprint density at radius 3 is 3.11 bits per heavy atom. The molecule has 0 amide bonds. The minimum Gasteiger partial charge on any atom is -0.470 e. The van der Waals surface area contributed by atoms with E-state index >= 15 is 0 Å². The number of hydrazine groups is 1. The average molecular weight is 269 g/mol. The topological polar surface area (TPSA) is 125 Å². The SMILES string of the molecule is NNc1ncc([N+](=O)[O-])c(OCC2CCCCO2)n1. The first kappa shape index (κ1) is 13.4. The summed E-state index contributed by atoms with van der Waals surface area (Å²) in [6.45, 7) is 0.914. The third-order valence-electron chi connectivity index (χ3n) is 2.74. The standard InChI is InChI=1S/C10H15N5O4/c11-14-10-12-5-8(15(16)17)9(13-10)19-6-7-3-1-2-4-18-7/h5,7H,1-4,6,11H2,(H,12,13,14). The van der Waals surface area contributed by atoms with Crippen molar-refractivity contribution in [3.05, 3.63) is 16.3 Å². The van der Waals surface area contributed by atoms with Crippen molar-refractivity contribution < 1.29 is 14.4 Å². The molecule has 1 aromatic heterocycles. The number of hydrogen-bond acceptors (Lipinski definition) is 8. The number of ether oxygens (including phenoxy) is 2. The molecule has 1 aliphatic rings. The smallest absolute Gasteiger partial charge is 0.349 e. The molecule has 19 heavy (non-hydrogen) atoms. The van der Waals surface area contributed by atoms with Gasteiger partial charge in [-0.05, 0) is 19.3 Å². The van der Waals surface area contributed by atoms with E-state index in [0.29, 0.717) is 6.61 Å². The Labute approximate surface area is 109 Å². The molecule has 1 saturated heterocycles. The van der Waals surface area contributed by atoms with Crippen LogP contribution in [0.5, 0.6) is 5.88 Å². The molecule has 1 aliphatic heterocycles. The maximum absolute atomic E-state index is 10.8. The lowest BCUT2D eigenvalue weighted by Gasteiger charge is -2.22. The van der Waals surface area contributed by atoms with Crippen LogP contribution in [0.25, 0.3) is 0 Å². The molecule has 0 spiro atoms. The monoisotopic (exact) mass is 269 g/mol. The summed E-state index contributed by atoms with van der Waals surface area (Å²) >= 11 is 0. The third kappa shape index (κ3) is 3.48. The zero-order chi connectivity index (χ0) is 13.7. The number of aromatic nitrogens is 2. The molecule has 104 valence electrons. The fourth-order valence-electron chi connectivity index (χ4n) is 1.77. The number of anilines is 1. The molecule has 0 bridgehead atoms. The van der Waals surface area contributed by atoms with Gasteiger partial charge in [-0.2, -0.15) is 4.98 Å². The molecule has 1 aromatic rings. The highest BCUT2D eigenvalue weighted by Crippen LogP contribution is 2.25. The summed E-state index contributed by atoms with van der Waals surface area (Å²) in [4.78, 5) is 17.7. The second kappa shape index (κ2) is 6.25. The predicted octanol–water partition coefficient (Wildman–Crippen LogP) is 0.618. The Hall–Kier alpha value is -2.00. The minimum absolute atomic E-state index is 0.0578. The summed E-state index contributed by atoms with van der Waals surface area (Å²) in [7, 11) is 0. The van der Waals surface area contributed by atoms with Crippen molar-refractivity contribution in [1.82, 2.24) is 9.97 Å². The number of nitrogen functional groups attached to an aromatic ring is 1. The van der Waals surface area contributed by atoms with Crippen LogP contribution in [0.2, 0.25) is 0 Å². The zero-order valence-corrected chi connectivity index (χ0v) is 10.2. The van der Waals surface area contributed by atoms with Gasteiger partial charge in [0.05, 0.1) is 11.0 Å². The Morgan fingerprint density at radius 1 is 1.63 bits per heavy atom. The maximum atomic E-state index is 10.8. The van der Waals surface area contributed by atoms with Gasteiger partial charge in [0.15, 0.2) is 0 Å². The van der Waals surface area contributed by atoms with E-state index in [0.717, 1.165) is 25.5 Å². The van der Waals surface area contributed by atoms with Crippen molar-refractivity contribution in [2.75, 3.05) is 18.6 Å². The van der Waals surface area contributed by atoms with Crippen LogP contribution in [0.3, 0.4) is 0 Å². The van der Waals surface area contributed by atoms with Gasteiger partial charge in [0, 0.05) is 6.61 Å². The van der Waals surface area contributed by atoms with Crippen molar-refractivity contribution >= 4 is 11.6 Å². The van der Waals surface area contributed by atoms with E-state index in [2.05, 4.69) is 15.4 Å². The van der Waals surface area contributed by atoms with Gasteiger partial charge < -0.3 is 9.47 Å². The predicted molar refractivity (Wildman–Crippen MR) is 65.6 cm³/mol. The molecular formula is C10H15N5O4. The second-order valence-corrected chi connectivity index (χ2v) is 4.09. The maximum Gasteiger partial charge on any atom is 0.349 e. The van der Waals surface area contributed by atoms with Crippen molar-refractivity contribution in [2.45, 2.75) is 25.4 Å². The molecular weight excluding hydrogens is 254 g/mol. The molecule has 0 aliphatic carbocycles. The Kier molecular flexibility index (Phi) is 4.42. The summed E-state index contributed by atoms with van der Waals surface area (Å²) in [6.07, 6.45) is 3.97. The molecule has 9 heteroatoms. The molecule has 1 fully saturated rings. The highest BCUT2D eigenvalue weighted by molar-refractivity contribution is 5.42. The van der Waals surface area contributed by atoms with E-state index in [1.807, 2.05) is 0 Å². The summed E-state index contributed by atoms with van der Waals surface area (Å²) in [5, 5.41) is 10.8. The summed E-state index contributed by atoms with van der Waals surface area (Å²) < 4.78 is 10.8. The van der Waals surface area contributed by atoms with Gasteiger partial charge in [-0.1, -0.05) is 0 Å². The van der Waals surface area contributed by atoms with E-state index in [1.165, 1.54) is 0 Å². The zero-order valence-electron chi connectivity index (χ0n) is 10.2. The molecule has 1 atom stereocenters. The first-order valence-corrected chi connectivity index (χ1v) is 5.93. The van der Waals surface area contributed by atoms with E-state index < -0.39 is 4.92 Å². The normalized spacial score (nSPS) is 18.9. The van der Waals surface area contributed by atoms with Crippen LogP contribution in [0.1, 0.15) is 19.3 Å². The lowest BCUT2D eigenvalue weighted by atomic mass is 10.1. The van der Waals surface area contributed by atoms with Crippen molar-refractivity contribution in [2.24, 2.45) is 5.84 Å². The number of nitrogens with zero attached hydrogens (tertiary/aromatic N) is 3. The number of nitro groups is 1. The summed E-state index contributed by atoms with van der Waals surface area (Å²) in [5.41, 5.74) is 1.92. The van der Waals surface area contributed by atoms with Gasteiger partial charge in [0.25, 0.3) is 5.88 Å². The van der Waals surface area contributed by atoms with Crippen LogP contribution >= 0.6 is 0 Å². The molecule has 9 nitrogen and oxygen atoms in total. The van der Waals surface area contributed by atoms with Crippen molar-refractivity contribution in [3.8, 4) is 5.88 Å². The van der Waals surface area contributed by atoms with Gasteiger partial charge >= 0.3 is 5.69 Å². The fraction of sp³-hybridized carbons (Fsp3) is 0.600. The van der Waals surface area contributed by atoms with Gasteiger partial charge in [0.1, 0.15) is 12.8 Å². The summed E-state index contributed by atoms with van der Waals surface area (Å²) in [5.74, 6) is 5.11. The van der Waals surface area contributed by atoms with Crippen LogP contribution < -0.4 is 16.0 Å². The van der Waals surface area contributed by atoms with Gasteiger partial charge in [-0.25, -0.2) is 10.8 Å². The lowest BCUT2D eigenvalue weighted by Crippen LogP contribution is -2.26. The fourth-order valence-corrected chi connectivity index (χ4v) is 1.77. The van der Waals surface area contributed by atoms with Crippen LogP contribution in [0, 0.1) is 10.1 Å². The third-order valence-corrected chi connectivity index (χ3v) is 2.74. The highest BCUT2D eigenvalue weighted by atomic mass is 16.6. The minimum atomic E-state index is -0.600. The molecule has 3 N–H and O–H groups in total. The largest absolute Gasteiger partial charge is 0.470 e. The lowest BCUT2D eigenvalue weighted by molar-refractivity contribution is -0.386. The highest BCUT2D eigenvalue weighted by Gasteiger charge is 2.21. The number of nitrogens with two attached hydrogens (primary N) is 1. The molecule has 0 radical (unpaired) electrons. The van der Waals surface area contributed by atoms with Crippen molar-refractivity contribution in [1.29, 1.82) is 0 Å². The Bertz CT molecular complexity index is 450. The number of nitrogens with one attached hydrogen (secondary N) is 1. The van der Waals surface area contributed by atoms with Gasteiger partial charge in [-0.3, -0.25) is 15.5 Å². The first-order valence-electron chi connectivity index (χ1n) is 5.93. The molecule has 2 rings (SSSR count). The van der Waals surface area contributed by atoms with Gasteiger partial charge in [-0.15, -0.1) is 0 Å². The number of rotatable bonds is 5. The van der Waals surface area contributed by atoms with Crippen LogP contribution in [-0.2, 0) is 4.74 Å². The molecule has 0 saturated carbocycles. The van der Waals surface area contributed by atoms with Crippen LogP contribution in [0.4, 0.5) is 11.6 Å². The Balaban J connectivity index is 2.06. The van der Waals surface area contributed by atoms with Crippen LogP contribution in [0.15, 0.2) is 6.20 Å². The summed E-state index contributed by atoms with van der Waals surface area (Å²) in [6, 6.07) is 0.